The van der Waals surface area contributed by atoms with E-state index < -0.39 is 0 Å². The maximum absolute atomic E-state index is 14.3. The Morgan fingerprint density at radius 2 is 2.29 bits per heavy atom. The third-order valence-corrected chi connectivity index (χ3v) is 4.99. The van der Waals surface area contributed by atoms with Crippen molar-refractivity contribution in [1.29, 1.82) is 0 Å². The zero-order chi connectivity index (χ0) is 14.9. The molecule has 116 valence electrons. The van der Waals surface area contributed by atoms with Gasteiger partial charge in [0, 0.05) is 12.2 Å². The Hall–Kier alpha value is -1.17. The van der Waals surface area contributed by atoms with Crippen molar-refractivity contribution in [3.8, 4) is 5.75 Å². The molecule has 0 amide bonds. The predicted molar refractivity (Wildman–Crippen MR) is 78.3 cm³/mol. The van der Waals surface area contributed by atoms with Crippen LogP contribution in [0.5, 0.6) is 5.75 Å². The van der Waals surface area contributed by atoms with Crippen molar-refractivity contribution in [1.82, 2.24) is 5.43 Å². The quantitative estimate of drug-likeness (QED) is 0.662. The lowest BCUT2D eigenvalue weighted by molar-refractivity contribution is -0.147. The lowest BCUT2D eigenvalue weighted by Crippen LogP contribution is -2.48. The van der Waals surface area contributed by atoms with Crippen LogP contribution in [-0.2, 0) is 4.74 Å². The van der Waals surface area contributed by atoms with Crippen LogP contribution in [-0.4, -0.2) is 19.3 Å². The number of halogens is 1. The first kappa shape index (κ1) is 14.8. The number of ether oxygens (including phenoxy) is 2. The Kier molecular flexibility index (Phi) is 4.15. The van der Waals surface area contributed by atoms with Crippen LogP contribution in [0.15, 0.2) is 18.2 Å². The van der Waals surface area contributed by atoms with E-state index in [-0.39, 0.29) is 23.4 Å². The summed E-state index contributed by atoms with van der Waals surface area (Å²) in [6, 6.07) is 4.65. The fourth-order valence-corrected chi connectivity index (χ4v) is 3.72. The van der Waals surface area contributed by atoms with E-state index in [1.54, 1.807) is 19.2 Å². The van der Waals surface area contributed by atoms with Crippen LogP contribution >= 0.6 is 0 Å². The Balaban J connectivity index is 1.88. The van der Waals surface area contributed by atoms with Crippen LogP contribution in [0.3, 0.4) is 0 Å². The topological polar surface area (TPSA) is 56.5 Å². The number of hydrogen-bond acceptors (Lipinski definition) is 4. The highest BCUT2D eigenvalue weighted by molar-refractivity contribution is 5.37. The summed E-state index contributed by atoms with van der Waals surface area (Å²) in [5.41, 5.74) is 3.36. The van der Waals surface area contributed by atoms with E-state index >= 15 is 0 Å². The van der Waals surface area contributed by atoms with Crippen LogP contribution < -0.4 is 16.0 Å². The van der Waals surface area contributed by atoms with Crippen molar-refractivity contribution in [2.24, 2.45) is 11.8 Å². The maximum Gasteiger partial charge on any atom is 0.131 e. The lowest BCUT2D eigenvalue weighted by atomic mass is 9.69. The van der Waals surface area contributed by atoms with Crippen LogP contribution in [0.25, 0.3) is 0 Å². The summed E-state index contributed by atoms with van der Waals surface area (Å²) in [7, 11) is 1.56. The van der Waals surface area contributed by atoms with Gasteiger partial charge in [-0.1, -0.05) is 6.07 Å². The highest BCUT2D eigenvalue weighted by atomic mass is 19.1. The molecule has 1 heterocycles. The van der Waals surface area contributed by atoms with Gasteiger partial charge in [0.25, 0.3) is 0 Å². The van der Waals surface area contributed by atoms with E-state index in [1.807, 2.05) is 0 Å². The van der Waals surface area contributed by atoms with Gasteiger partial charge in [0.05, 0.1) is 18.8 Å². The molecule has 1 saturated heterocycles. The monoisotopic (exact) mass is 294 g/mol. The molecule has 1 saturated carbocycles. The van der Waals surface area contributed by atoms with Crippen molar-refractivity contribution in [3.63, 3.8) is 0 Å². The molecule has 21 heavy (non-hydrogen) atoms. The molecule has 5 heteroatoms. The standard InChI is InChI=1S/C16H23FN2O2/c1-20-13-5-2-4-12(17)14(13)15(19-18)11-6-9-21-16(10-11)7-3-8-16/h2,4-5,11,15,19H,3,6-10,18H2,1H3. The Morgan fingerprint density at radius 3 is 2.90 bits per heavy atom. The molecule has 1 aromatic rings. The number of nitrogens with two attached hydrogens (primary N) is 1. The van der Waals surface area contributed by atoms with Crippen LogP contribution in [0.2, 0.25) is 0 Å². The second-order valence-electron chi connectivity index (χ2n) is 6.14. The van der Waals surface area contributed by atoms with Crippen molar-refractivity contribution in [2.75, 3.05) is 13.7 Å². The molecule has 3 rings (SSSR count). The first-order valence-electron chi connectivity index (χ1n) is 7.61. The zero-order valence-electron chi connectivity index (χ0n) is 12.4. The second-order valence-corrected chi connectivity index (χ2v) is 6.14. The number of rotatable bonds is 4. The van der Waals surface area contributed by atoms with E-state index in [0.29, 0.717) is 11.3 Å². The van der Waals surface area contributed by atoms with Gasteiger partial charge in [-0.3, -0.25) is 11.3 Å². The van der Waals surface area contributed by atoms with Gasteiger partial charge in [0.2, 0.25) is 0 Å². The largest absolute Gasteiger partial charge is 0.496 e. The van der Waals surface area contributed by atoms with Crippen molar-refractivity contribution in [3.05, 3.63) is 29.6 Å². The van der Waals surface area contributed by atoms with Crippen LogP contribution in [0, 0.1) is 11.7 Å². The van der Waals surface area contributed by atoms with Crippen LogP contribution in [0.1, 0.15) is 43.7 Å². The lowest BCUT2D eigenvalue weighted by Gasteiger charge is -2.48. The minimum atomic E-state index is -0.272. The number of benzene rings is 1. The van der Waals surface area contributed by atoms with Gasteiger partial charge in [-0.2, -0.15) is 0 Å². The highest BCUT2D eigenvalue weighted by Gasteiger charge is 2.45. The van der Waals surface area contributed by atoms with Gasteiger partial charge in [-0.15, -0.1) is 0 Å². The number of methoxy groups -OCH3 is 1. The fraction of sp³-hybridized carbons (Fsp3) is 0.625. The summed E-state index contributed by atoms with van der Waals surface area (Å²) >= 11 is 0. The second kappa shape index (κ2) is 5.91. The van der Waals surface area contributed by atoms with Crippen molar-refractivity contribution >= 4 is 0 Å². The van der Waals surface area contributed by atoms with Gasteiger partial charge in [0.1, 0.15) is 11.6 Å². The molecule has 2 aliphatic rings. The first-order chi connectivity index (χ1) is 10.2. The molecule has 1 aliphatic heterocycles. The smallest absolute Gasteiger partial charge is 0.131 e. The third kappa shape index (κ3) is 2.65. The molecule has 1 aliphatic carbocycles. The van der Waals surface area contributed by atoms with Gasteiger partial charge in [-0.25, -0.2) is 4.39 Å². The van der Waals surface area contributed by atoms with Crippen molar-refractivity contribution in [2.45, 2.75) is 43.7 Å². The molecule has 0 aromatic heterocycles. The molecular formula is C16H23FN2O2. The maximum atomic E-state index is 14.3. The number of nitrogens with one attached hydrogen (secondary N) is 1. The summed E-state index contributed by atoms with van der Waals surface area (Å²) in [4.78, 5) is 0. The minimum absolute atomic E-state index is 0.0104. The summed E-state index contributed by atoms with van der Waals surface area (Å²) in [5.74, 6) is 6.30. The summed E-state index contributed by atoms with van der Waals surface area (Å²) in [6.45, 7) is 0.722. The molecule has 0 bridgehead atoms. The SMILES string of the molecule is COc1cccc(F)c1C(NN)C1CCOC2(CCC2)C1. The third-order valence-electron chi connectivity index (χ3n) is 4.99. The molecule has 1 spiro atoms. The van der Waals surface area contributed by atoms with E-state index in [1.165, 1.54) is 12.5 Å². The summed E-state index contributed by atoms with van der Waals surface area (Å²) in [6.07, 6.45) is 5.24. The zero-order valence-corrected chi connectivity index (χ0v) is 12.4. The first-order valence-corrected chi connectivity index (χ1v) is 7.61. The average molecular weight is 294 g/mol. The Labute approximate surface area is 124 Å². The molecular weight excluding hydrogens is 271 g/mol. The predicted octanol–water partition coefficient (Wildman–Crippen LogP) is 2.69. The average Bonchev–Trinajstić information content (AvgIpc) is 2.48. The highest BCUT2D eigenvalue weighted by Crippen LogP contribution is 2.48. The van der Waals surface area contributed by atoms with E-state index in [9.17, 15) is 4.39 Å². The van der Waals surface area contributed by atoms with Crippen LogP contribution in [0.4, 0.5) is 4.39 Å². The molecule has 1 aromatic carbocycles. The minimum Gasteiger partial charge on any atom is -0.496 e. The van der Waals surface area contributed by atoms with E-state index in [0.717, 1.165) is 32.3 Å². The summed E-state index contributed by atoms with van der Waals surface area (Å²) in [5, 5.41) is 0. The van der Waals surface area contributed by atoms with Gasteiger partial charge in [-0.05, 0) is 50.2 Å². The molecule has 4 nitrogen and oxygen atoms in total. The number of hydrazine groups is 1. The van der Waals surface area contributed by atoms with Crippen molar-refractivity contribution < 1.29 is 13.9 Å². The number of hydrogen-bond donors (Lipinski definition) is 2. The van der Waals surface area contributed by atoms with Gasteiger partial charge in [0.15, 0.2) is 0 Å². The van der Waals surface area contributed by atoms with Gasteiger partial charge < -0.3 is 9.47 Å². The Bertz CT molecular complexity index is 505. The van der Waals surface area contributed by atoms with Gasteiger partial charge >= 0.3 is 0 Å². The Morgan fingerprint density at radius 1 is 1.48 bits per heavy atom. The normalized spacial score (nSPS) is 25.4. The fourth-order valence-electron chi connectivity index (χ4n) is 3.72. The molecule has 2 fully saturated rings. The molecule has 3 N–H and O–H groups in total. The molecule has 2 unspecified atom stereocenters. The summed E-state index contributed by atoms with van der Waals surface area (Å²) < 4.78 is 25.6. The van der Waals surface area contributed by atoms with E-state index in [4.69, 9.17) is 15.3 Å². The molecule has 2 atom stereocenters. The molecule has 0 radical (unpaired) electrons. The van der Waals surface area contributed by atoms with E-state index in [2.05, 4.69) is 5.43 Å².